The Labute approximate surface area is 175 Å². The van der Waals surface area contributed by atoms with E-state index < -0.39 is 0 Å². The summed E-state index contributed by atoms with van der Waals surface area (Å²) in [4.78, 5) is 26.2. The van der Waals surface area contributed by atoms with Gasteiger partial charge in [-0.15, -0.1) is 10.2 Å². The summed E-state index contributed by atoms with van der Waals surface area (Å²) in [6.45, 7) is 5.70. The molecule has 6 nitrogen and oxygen atoms in total. The van der Waals surface area contributed by atoms with Gasteiger partial charge in [-0.1, -0.05) is 67.3 Å². The predicted molar refractivity (Wildman–Crippen MR) is 116 cm³/mol. The van der Waals surface area contributed by atoms with Crippen LogP contribution in [0.3, 0.4) is 0 Å². The lowest BCUT2D eigenvalue weighted by atomic mass is 10.2. The number of hydrogen-bond donors (Lipinski definition) is 1. The molecule has 0 atom stereocenters. The molecule has 0 saturated heterocycles. The van der Waals surface area contributed by atoms with Crippen molar-refractivity contribution in [3.05, 3.63) is 35.9 Å². The van der Waals surface area contributed by atoms with Crippen LogP contribution < -0.4 is 5.32 Å². The molecule has 0 aliphatic rings. The van der Waals surface area contributed by atoms with E-state index in [0.29, 0.717) is 24.4 Å². The SMILES string of the molecule is CCCN(CCC)C(=O)CCCC(=O)Nc1nnc(SCc2ccccc2)s1. The summed E-state index contributed by atoms with van der Waals surface area (Å²) >= 11 is 2.97. The molecule has 0 aliphatic heterocycles. The summed E-state index contributed by atoms with van der Waals surface area (Å²) in [6.07, 6.45) is 3.16. The van der Waals surface area contributed by atoms with E-state index in [4.69, 9.17) is 0 Å². The van der Waals surface area contributed by atoms with E-state index in [1.165, 1.54) is 16.9 Å². The van der Waals surface area contributed by atoms with Crippen LogP contribution in [0.25, 0.3) is 0 Å². The fourth-order valence-corrected chi connectivity index (χ4v) is 4.40. The topological polar surface area (TPSA) is 75.2 Å². The molecule has 1 aromatic heterocycles. The molecule has 1 N–H and O–H groups in total. The van der Waals surface area contributed by atoms with E-state index in [2.05, 4.69) is 41.5 Å². The van der Waals surface area contributed by atoms with Crippen LogP contribution >= 0.6 is 23.1 Å². The number of hydrogen-bond acceptors (Lipinski definition) is 6. The van der Waals surface area contributed by atoms with Gasteiger partial charge in [0.1, 0.15) is 0 Å². The number of carbonyl (C=O) groups is 2. The number of nitrogens with one attached hydrogen (secondary N) is 1. The molecule has 0 bridgehead atoms. The Morgan fingerprint density at radius 2 is 1.79 bits per heavy atom. The van der Waals surface area contributed by atoms with E-state index >= 15 is 0 Å². The zero-order chi connectivity index (χ0) is 20.2. The van der Waals surface area contributed by atoms with Gasteiger partial charge in [-0.3, -0.25) is 9.59 Å². The highest BCUT2D eigenvalue weighted by Crippen LogP contribution is 2.28. The lowest BCUT2D eigenvalue weighted by molar-refractivity contribution is -0.131. The van der Waals surface area contributed by atoms with Crippen molar-refractivity contribution in [2.45, 2.75) is 56.0 Å². The first-order valence-electron chi connectivity index (χ1n) is 9.70. The first kappa shape index (κ1) is 22.4. The summed E-state index contributed by atoms with van der Waals surface area (Å²) in [6, 6.07) is 10.2. The number of anilines is 1. The van der Waals surface area contributed by atoms with E-state index in [-0.39, 0.29) is 11.8 Å². The van der Waals surface area contributed by atoms with Gasteiger partial charge < -0.3 is 10.2 Å². The van der Waals surface area contributed by atoms with Crippen LogP contribution in [-0.4, -0.2) is 40.0 Å². The molecule has 0 unspecified atom stereocenters. The molecule has 1 aromatic carbocycles. The average Bonchev–Trinajstić information content (AvgIpc) is 3.14. The highest BCUT2D eigenvalue weighted by Gasteiger charge is 2.13. The van der Waals surface area contributed by atoms with Crippen molar-refractivity contribution in [3.63, 3.8) is 0 Å². The van der Waals surface area contributed by atoms with Crippen LogP contribution in [0.5, 0.6) is 0 Å². The molecule has 8 heteroatoms. The van der Waals surface area contributed by atoms with Gasteiger partial charge in [0.15, 0.2) is 4.34 Å². The Hall–Kier alpha value is -1.93. The number of rotatable bonds is 12. The fraction of sp³-hybridized carbons (Fsp3) is 0.500. The first-order valence-corrected chi connectivity index (χ1v) is 11.5. The Bertz CT molecular complexity index is 731. The number of nitrogens with zero attached hydrogens (tertiary/aromatic N) is 3. The number of carbonyl (C=O) groups excluding carboxylic acids is 2. The predicted octanol–water partition coefficient (Wildman–Crippen LogP) is 4.59. The van der Waals surface area contributed by atoms with E-state index in [9.17, 15) is 9.59 Å². The minimum absolute atomic E-state index is 0.124. The van der Waals surface area contributed by atoms with Crippen molar-refractivity contribution in [2.24, 2.45) is 0 Å². The first-order chi connectivity index (χ1) is 13.6. The second-order valence-corrected chi connectivity index (χ2v) is 8.63. The van der Waals surface area contributed by atoms with Gasteiger partial charge in [0.05, 0.1) is 0 Å². The van der Waals surface area contributed by atoms with Crippen molar-refractivity contribution in [2.75, 3.05) is 18.4 Å². The summed E-state index contributed by atoms with van der Waals surface area (Å²) < 4.78 is 0.823. The Morgan fingerprint density at radius 1 is 1.07 bits per heavy atom. The largest absolute Gasteiger partial charge is 0.343 e. The maximum absolute atomic E-state index is 12.2. The maximum atomic E-state index is 12.2. The Kier molecular flexibility index (Phi) is 9.99. The number of thioether (sulfide) groups is 1. The minimum atomic E-state index is -0.124. The number of aromatic nitrogens is 2. The molecule has 0 radical (unpaired) electrons. The van der Waals surface area contributed by atoms with E-state index in [1.807, 2.05) is 23.1 Å². The third-order valence-corrected chi connectivity index (χ3v) is 6.04. The van der Waals surface area contributed by atoms with E-state index in [1.54, 1.807) is 11.8 Å². The van der Waals surface area contributed by atoms with Crippen molar-refractivity contribution >= 4 is 40.0 Å². The molecule has 28 heavy (non-hydrogen) atoms. The van der Waals surface area contributed by atoms with Crippen LogP contribution in [-0.2, 0) is 15.3 Å². The molecule has 0 saturated carbocycles. The monoisotopic (exact) mass is 420 g/mol. The van der Waals surface area contributed by atoms with Crippen molar-refractivity contribution in [3.8, 4) is 0 Å². The third-order valence-electron chi connectivity index (χ3n) is 3.99. The molecule has 152 valence electrons. The third kappa shape index (κ3) is 7.98. The van der Waals surface area contributed by atoms with Gasteiger partial charge in [0.25, 0.3) is 0 Å². The molecule has 0 spiro atoms. The van der Waals surface area contributed by atoms with Gasteiger partial charge in [-0.2, -0.15) is 0 Å². The highest BCUT2D eigenvalue weighted by atomic mass is 32.2. The van der Waals surface area contributed by atoms with Crippen LogP contribution in [0.2, 0.25) is 0 Å². The Morgan fingerprint density at radius 3 is 2.46 bits per heavy atom. The lowest BCUT2D eigenvalue weighted by Gasteiger charge is -2.21. The molecule has 2 amide bonds. The average molecular weight is 421 g/mol. The standard InChI is InChI=1S/C20H28N4O2S2/c1-3-13-24(14-4-2)18(26)12-8-11-17(25)21-19-22-23-20(28-19)27-15-16-9-6-5-7-10-16/h5-7,9-10H,3-4,8,11-15H2,1-2H3,(H,21,22,25). The zero-order valence-electron chi connectivity index (χ0n) is 16.5. The van der Waals surface area contributed by atoms with Crippen molar-refractivity contribution in [1.29, 1.82) is 0 Å². The van der Waals surface area contributed by atoms with Crippen LogP contribution in [0.15, 0.2) is 34.7 Å². The lowest BCUT2D eigenvalue weighted by Crippen LogP contribution is -2.32. The second kappa shape index (κ2) is 12.5. The molecular weight excluding hydrogens is 392 g/mol. The molecule has 2 aromatic rings. The van der Waals surface area contributed by atoms with Gasteiger partial charge in [-0.25, -0.2) is 0 Å². The molecular formula is C20H28N4O2S2. The van der Waals surface area contributed by atoms with Crippen LogP contribution in [0, 0.1) is 0 Å². The summed E-state index contributed by atoms with van der Waals surface area (Å²) in [5.41, 5.74) is 1.22. The van der Waals surface area contributed by atoms with Crippen LogP contribution in [0.1, 0.15) is 51.5 Å². The van der Waals surface area contributed by atoms with E-state index in [0.717, 1.165) is 36.0 Å². The van der Waals surface area contributed by atoms with Gasteiger partial charge in [0.2, 0.25) is 16.9 Å². The molecule has 2 rings (SSSR count). The summed E-state index contributed by atoms with van der Waals surface area (Å²) in [5.74, 6) is 0.825. The fourth-order valence-electron chi connectivity index (χ4n) is 2.68. The highest BCUT2D eigenvalue weighted by molar-refractivity contribution is 8.00. The molecule has 0 fully saturated rings. The summed E-state index contributed by atoms with van der Waals surface area (Å²) in [5, 5.41) is 11.4. The smallest absolute Gasteiger partial charge is 0.226 e. The second-order valence-electron chi connectivity index (χ2n) is 6.43. The normalized spacial score (nSPS) is 10.6. The number of amides is 2. The van der Waals surface area contributed by atoms with Gasteiger partial charge in [0, 0.05) is 31.7 Å². The molecule has 0 aliphatic carbocycles. The Balaban J connectivity index is 1.70. The molecule has 1 heterocycles. The van der Waals surface area contributed by atoms with Gasteiger partial charge in [-0.05, 0) is 24.8 Å². The van der Waals surface area contributed by atoms with Crippen molar-refractivity contribution < 1.29 is 9.59 Å². The zero-order valence-corrected chi connectivity index (χ0v) is 18.2. The summed E-state index contributed by atoms with van der Waals surface area (Å²) in [7, 11) is 0. The van der Waals surface area contributed by atoms with Gasteiger partial charge >= 0.3 is 0 Å². The maximum Gasteiger partial charge on any atom is 0.226 e. The van der Waals surface area contributed by atoms with Crippen molar-refractivity contribution in [1.82, 2.24) is 15.1 Å². The number of benzene rings is 1. The van der Waals surface area contributed by atoms with Crippen LogP contribution in [0.4, 0.5) is 5.13 Å². The minimum Gasteiger partial charge on any atom is -0.343 e. The quantitative estimate of drug-likeness (QED) is 0.401.